The fraction of sp³-hybridized carbons (Fsp3) is 0.348. The van der Waals surface area contributed by atoms with Crippen LogP contribution in [0.1, 0.15) is 36.2 Å². The van der Waals surface area contributed by atoms with Crippen molar-refractivity contribution in [2.75, 3.05) is 19.0 Å². The average Bonchev–Trinajstić information content (AvgIpc) is 3.02. The van der Waals surface area contributed by atoms with Crippen LogP contribution in [-0.2, 0) is 18.3 Å². The maximum Gasteiger partial charge on any atom is 0.328 e. The highest BCUT2D eigenvalue weighted by atomic mass is 19.3. The van der Waals surface area contributed by atoms with Gasteiger partial charge in [0, 0.05) is 30.5 Å². The minimum atomic E-state index is -2.91. The maximum atomic E-state index is 14.7. The molecule has 2 heterocycles. The SMILES string of the molecule is COCCn1c(=O)n(C)c2cc3c(C)nnc(N[C@H](C)c4cccc(C(F)F)c4F)c3cc21. The molecule has 0 bridgehead atoms. The molecule has 0 amide bonds. The third kappa shape index (κ3) is 3.95. The van der Waals surface area contributed by atoms with Crippen LogP contribution >= 0.6 is 0 Å². The Balaban J connectivity index is 1.84. The van der Waals surface area contributed by atoms with Gasteiger partial charge in [-0.3, -0.25) is 9.13 Å². The summed E-state index contributed by atoms with van der Waals surface area (Å²) in [5.41, 5.74) is 1.36. The monoisotopic (exact) mass is 459 g/mol. The fourth-order valence-electron chi connectivity index (χ4n) is 4.04. The number of benzene rings is 2. The van der Waals surface area contributed by atoms with Gasteiger partial charge in [-0.2, -0.15) is 5.10 Å². The van der Waals surface area contributed by atoms with Gasteiger partial charge in [0.2, 0.25) is 0 Å². The summed E-state index contributed by atoms with van der Waals surface area (Å²) >= 11 is 0. The van der Waals surface area contributed by atoms with E-state index in [1.807, 2.05) is 12.1 Å². The predicted molar refractivity (Wildman–Crippen MR) is 120 cm³/mol. The van der Waals surface area contributed by atoms with Gasteiger partial charge >= 0.3 is 5.69 Å². The molecule has 0 fully saturated rings. The molecule has 2 aromatic carbocycles. The normalized spacial score (nSPS) is 12.7. The number of alkyl halides is 2. The zero-order chi connectivity index (χ0) is 23.9. The van der Waals surface area contributed by atoms with E-state index in [-0.39, 0.29) is 11.3 Å². The van der Waals surface area contributed by atoms with Gasteiger partial charge in [0.15, 0.2) is 5.82 Å². The predicted octanol–water partition coefficient (Wildman–Crippen LogP) is 4.49. The van der Waals surface area contributed by atoms with Crippen LogP contribution in [0.5, 0.6) is 0 Å². The Hall–Kier alpha value is -3.40. The largest absolute Gasteiger partial charge is 0.383 e. The van der Waals surface area contributed by atoms with Crippen LogP contribution in [0.3, 0.4) is 0 Å². The van der Waals surface area contributed by atoms with Crippen molar-refractivity contribution in [3.8, 4) is 0 Å². The van der Waals surface area contributed by atoms with Crippen LogP contribution in [-0.4, -0.2) is 33.0 Å². The van der Waals surface area contributed by atoms with E-state index in [0.29, 0.717) is 35.6 Å². The summed E-state index contributed by atoms with van der Waals surface area (Å²) in [7, 11) is 3.26. The fourth-order valence-corrected chi connectivity index (χ4v) is 4.04. The second-order valence-electron chi connectivity index (χ2n) is 7.92. The van der Waals surface area contributed by atoms with Gasteiger partial charge in [0.05, 0.1) is 41.5 Å². The highest BCUT2D eigenvalue weighted by Gasteiger charge is 2.21. The van der Waals surface area contributed by atoms with Crippen LogP contribution < -0.4 is 11.0 Å². The van der Waals surface area contributed by atoms with Crippen molar-refractivity contribution in [3.05, 3.63) is 63.5 Å². The molecule has 1 atom stereocenters. The lowest BCUT2D eigenvalue weighted by molar-refractivity contribution is 0.146. The lowest BCUT2D eigenvalue weighted by Gasteiger charge is -2.18. The zero-order valence-corrected chi connectivity index (χ0v) is 18.7. The summed E-state index contributed by atoms with van der Waals surface area (Å²) in [6, 6.07) is 6.98. The minimum absolute atomic E-state index is 0.0983. The number of hydrogen-bond acceptors (Lipinski definition) is 5. The van der Waals surface area contributed by atoms with Gasteiger partial charge in [-0.05, 0) is 26.0 Å². The topological polar surface area (TPSA) is 74.0 Å². The van der Waals surface area contributed by atoms with Crippen molar-refractivity contribution in [2.45, 2.75) is 32.9 Å². The molecule has 2 aromatic heterocycles. The number of imidazole rings is 1. The number of nitrogens with zero attached hydrogens (tertiary/aromatic N) is 4. The number of fused-ring (bicyclic) bond motifs is 2. The Morgan fingerprint density at radius 1 is 1.12 bits per heavy atom. The molecular formula is C23H24F3N5O2. The molecule has 33 heavy (non-hydrogen) atoms. The first-order valence-corrected chi connectivity index (χ1v) is 10.4. The van der Waals surface area contributed by atoms with E-state index in [2.05, 4.69) is 15.5 Å². The first kappa shape index (κ1) is 22.8. The van der Waals surface area contributed by atoms with Crippen molar-refractivity contribution in [2.24, 2.45) is 7.05 Å². The average molecular weight is 459 g/mol. The number of rotatable bonds is 7. The Kier molecular flexibility index (Phi) is 6.11. The molecule has 0 spiro atoms. The molecule has 7 nitrogen and oxygen atoms in total. The van der Waals surface area contributed by atoms with E-state index in [1.165, 1.54) is 12.1 Å². The molecule has 0 aliphatic carbocycles. The van der Waals surface area contributed by atoms with Crippen molar-refractivity contribution < 1.29 is 17.9 Å². The van der Waals surface area contributed by atoms with Crippen LogP contribution in [0.15, 0.2) is 35.1 Å². The van der Waals surface area contributed by atoms with Crippen molar-refractivity contribution in [1.82, 2.24) is 19.3 Å². The Morgan fingerprint density at radius 2 is 1.82 bits per heavy atom. The van der Waals surface area contributed by atoms with Gasteiger partial charge in [0.1, 0.15) is 5.82 Å². The number of methoxy groups -OCH3 is 1. The molecule has 174 valence electrons. The smallest absolute Gasteiger partial charge is 0.328 e. The van der Waals surface area contributed by atoms with Gasteiger partial charge in [0.25, 0.3) is 6.43 Å². The molecule has 4 rings (SSSR count). The molecule has 4 aromatic rings. The van der Waals surface area contributed by atoms with Crippen molar-refractivity contribution in [3.63, 3.8) is 0 Å². The van der Waals surface area contributed by atoms with Gasteiger partial charge < -0.3 is 10.1 Å². The first-order valence-electron chi connectivity index (χ1n) is 10.4. The number of anilines is 1. The van der Waals surface area contributed by atoms with E-state index in [1.54, 1.807) is 37.1 Å². The summed E-state index contributed by atoms with van der Waals surface area (Å²) in [6.07, 6.45) is -2.91. The Bertz CT molecular complexity index is 1400. The highest BCUT2D eigenvalue weighted by molar-refractivity contribution is 6.01. The molecule has 10 heteroatoms. The third-order valence-electron chi connectivity index (χ3n) is 5.86. The van der Waals surface area contributed by atoms with E-state index in [9.17, 15) is 18.0 Å². The standard InChI is InChI=1S/C23H24F3N5O2/c1-12(14-6-5-7-15(20(14)24)21(25)26)27-22-17-11-19-18(10-16(17)13(2)28-29-22)30(3)23(32)31(19)8-9-33-4/h5-7,10-12,21H,8-9H2,1-4H3,(H,27,29)/t12-/m1/s1. The van der Waals surface area contributed by atoms with E-state index >= 15 is 0 Å². The molecular weight excluding hydrogens is 435 g/mol. The van der Waals surface area contributed by atoms with Crippen LogP contribution in [0.4, 0.5) is 19.0 Å². The molecule has 1 N–H and O–H groups in total. The lowest BCUT2D eigenvalue weighted by Crippen LogP contribution is -2.23. The van der Waals surface area contributed by atoms with Crippen molar-refractivity contribution in [1.29, 1.82) is 0 Å². The Morgan fingerprint density at radius 3 is 2.52 bits per heavy atom. The number of ether oxygens (including phenoxy) is 1. The maximum absolute atomic E-state index is 14.7. The molecule has 0 saturated carbocycles. The van der Waals surface area contributed by atoms with Gasteiger partial charge in [-0.15, -0.1) is 5.10 Å². The molecule has 0 saturated heterocycles. The second kappa shape index (κ2) is 8.86. The number of halogens is 3. The number of aryl methyl sites for hydroxylation is 2. The van der Waals surface area contributed by atoms with E-state index < -0.39 is 23.8 Å². The highest BCUT2D eigenvalue weighted by Crippen LogP contribution is 2.32. The van der Waals surface area contributed by atoms with E-state index in [4.69, 9.17) is 4.74 Å². The summed E-state index contributed by atoms with van der Waals surface area (Å²) in [6.45, 7) is 4.21. The molecule has 0 radical (unpaired) electrons. The van der Waals surface area contributed by atoms with Crippen LogP contribution in [0, 0.1) is 12.7 Å². The van der Waals surface area contributed by atoms with Crippen molar-refractivity contribution >= 4 is 27.6 Å². The molecule has 0 aliphatic rings. The third-order valence-corrected chi connectivity index (χ3v) is 5.86. The summed E-state index contributed by atoms with van der Waals surface area (Å²) in [4.78, 5) is 12.8. The van der Waals surface area contributed by atoms with Gasteiger partial charge in [-0.25, -0.2) is 18.0 Å². The number of aromatic nitrogens is 4. The van der Waals surface area contributed by atoms with Gasteiger partial charge in [-0.1, -0.05) is 18.2 Å². The Labute approximate surface area is 187 Å². The molecule has 0 aliphatic heterocycles. The summed E-state index contributed by atoms with van der Waals surface area (Å²) < 4.78 is 49.3. The van der Waals surface area contributed by atoms with Crippen LogP contribution in [0.2, 0.25) is 0 Å². The summed E-state index contributed by atoms with van der Waals surface area (Å²) in [5, 5.41) is 13.0. The lowest BCUT2D eigenvalue weighted by atomic mass is 10.0. The zero-order valence-electron chi connectivity index (χ0n) is 18.7. The number of hydrogen-bond donors (Lipinski definition) is 1. The summed E-state index contributed by atoms with van der Waals surface area (Å²) in [5.74, 6) is -0.586. The van der Waals surface area contributed by atoms with E-state index in [0.717, 1.165) is 17.0 Å². The minimum Gasteiger partial charge on any atom is -0.383 e. The molecule has 0 unspecified atom stereocenters. The number of nitrogens with one attached hydrogen (secondary N) is 1. The first-order chi connectivity index (χ1) is 15.7. The quantitative estimate of drug-likeness (QED) is 0.441. The second-order valence-corrected chi connectivity index (χ2v) is 7.92. The van der Waals surface area contributed by atoms with Crippen LogP contribution in [0.25, 0.3) is 21.8 Å².